The summed E-state index contributed by atoms with van der Waals surface area (Å²) in [5.41, 5.74) is 12.7. The molecule has 7 heterocycles. The Bertz CT molecular complexity index is 2910. The summed E-state index contributed by atoms with van der Waals surface area (Å²) in [4.78, 5) is 17.8. The summed E-state index contributed by atoms with van der Waals surface area (Å²) >= 11 is 0. The summed E-state index contributed by atoms with van der Waals surface area (Å²) in [7, 11) is 0. The lowest BCUT2D eigenvalue weighted by Crippen LogP contribution is -2.00. The Balaban J connectivity index is 1.13. The molecule has 7 aromatic heterocycles. The van der Waals surface area contributed by atoms with Crippen LogP contribution in [0.5, 0.6) is 0 Å². The largest absolute Gasteiger partial charge is 0.456 e. The van der Waals surface area contributed by atoms with Gasteiger partial charge in [-0.15, -0.1) is 0 Å². The molecule has 0 N–H and O–H groups in total. The molecule has 4 aromatic carbocycles. The monoisotopic (exact) mass is 654 g/mol. The van der Waals surface area contributed by atoms with Crippen LogP contribution in [0.3, 0.4) is 0 Å². The van der Waals surface area contributed by atoms with E-state index in [0.717, 1.165) is 99.2 Å². The Labute approximate surface area is 290 Å². The lowest BCUT2D eigenvalue weighted by atomic mass is 9.98. The molecule has 0 aliphatic carbocycles. The van der Waals surface area contributed by atoms with E-state index in [9.17, 15) is 0 Å². The van der Waals surface area contributed by atoms with E-state index in [1.807, 2.05) is 61.7 Å². The number of fused-ring (bicyclic) bond motifs is 9. The third-order valence-corrected chi connectivity index (χ3v) is 10.1. The van der Waals surface area contributed by atoms with Gasteiger partial charge in [0.15, 0.2) is 0 Å². The van der Waals surface area contributed by atoms with E-state index in [1.165, 1.54) is 0 Å². The minimum absolute atomic E-state index is 0.897. The van der Waals surface area contributed by atoms with E-state index in [-0.39, 0.29) is 0 Å². The van der Waals surface area contributed by atoms with Gasteiger partial charge in [0.05, 0.1) is 22.1 Å². The van der Waals surface area contributed by atoms with Gasteiger partial charge in [-0.05, 0) is 82.9 Å². The molecule has 0 radical (unpaired) electrons. The van der Waals surface area contributed by atoms with E-state index < -0.39 is 0 Å². The van der Waals surface area contributed by atoms with Gasteiger partial charge < -0.3 is 13.6 Å². The van der Waals surface area contributed by atoms with E-state index in [0.29, 0.717) is 0 Å². The Morgan fingerprint density at radius 3 is 1.33 bits per heavy atom. The van der Waals surface area contributed by atoms with Crippen molar-refractivity contribution >= 4 is 65.6 Å². The molecule has 7 heteroatoms. The second-order valence-electron chi connectivity index (χ2n) is 12.9. The number of hydrogen-bond acceptors (Lipinski definition) is 5. The van der Waals surface area contributed by atoms with Crippen molar-refractivity contribution in [1.29, 1.82) is 0 Å². The molecule has 51 heavy (non-hydrogen) atoms. The first-order valence-corrected chi connectivity index (χ1v) is 16.8. The summed E-state index contributed by atoms with van der Waals surface area (Å²) in [5.74, 6) is 0. The minimum atomic E-state index is 0.897. The minimum Gasteiger partial charge on any atom is -0.456 e. The van der Waals surface area contributed by atoms with Crippen LogP contribution >= 0.6 is 0 Å². The SMILES string of the molecule is c1ccc2c(c1)oc1ccc(-c3ccc(-c4cc(-n5c6ccncc6c6cnccc65)cc(-n5c6ccncc6c6cnccc65)c4)cc3)cc12. The molecule has 11 aromatic rings. The molecule has 7 nitrogen and oxygen atoms in total. The van der Waals surface area contributed by atoms with Gasteiger partial charge in [-0.2, -0.15) is 0 Å². The Kier molecular flexibility index (Phi) is 5.83. The number of pyridine rings is 4. The molecule has 0 spiro atoms. The van der Waals surface area contributed by atoms with Crippen molar-refractivity contribution in [2.75, 3.05) is 0 Å². The van der Waals surface area contributed by atoms with Crippen molar-refractivity contribution < 1.29 is 4.42 Å². The molecule has 0 saturated carbocycles. The van der Waals surface area contributed by atoms with E-state index >= 15 is 0 Å². The summed E-state index contributed by atoms with van der Waals surface area (Å²) in [6.07, 6.45) is 15.1. The van der Waals surface area contributed by atoms with Crippen LogP contribution in [-0.2, 0) is 0 Å². The zero-order valence-electron chi connectivity index (χ0n) is 27.1. The van der Waals surface area contributed by atoms with Crippen molar-refractivity contribution in [3.05, 3.63) is 159 Å². The van der Waals surface area contributed by atoms with E-state index in [1.54, 1.807) is 0 Å². The highest BCUT2D eigenvalue weighted by atomic mass is 16.3. The second-order valence-corrected chi connectivity index (χ2v) is 12.9. The molecular formula is C44H26N6O. The normalized spacial score (nSPS) is 11.9. The molecule has 238 valence electrons. The predicted molar refractivity (Wildman–Crippen MR) is 204 cm³/mol. The number of benzene rings is 4. The third-order valence-electron chi connectivity index (χ3n) is 10.1. The van der Waals surface area contributed by atoms with Crippen LogP contribution in [0.15, 0.2) is 163 Å². The average molecular weight is 655 g/mol. The van der Waals surface area contributed by atoms with Gasteiger partial charge >= 0.3 is 0 Å². The molecule has 0 saturated heterocycles. The van der Waals surface area contributed by atoms with Crippen LogP contribution in [0.4, 0.5) is 0 Å². The maximum atomic E-state index is 6.09. The van der Waals surface area contributed by atoms with Crippen LogP contribution in [0.25, 0.3) is 99.2 Å². The zero-order valence-corrected chi connectivity index (χ0v) is 27.1. The molecule has 0 aliphatic rings. The second kappa shape index (κ2) is 10.7. The van der Waals surface area contributed by atoms with Gasteiger partial charge in [0, 0.05) is 93.3 Å². The van der Waals surface area contributed by atoms with Crippen LogP contribution in [-0.4, -0.2) is 29.1 Å². The van der Waals surface area contributed by atoms with Crippen LogP contribution in [0.2, 0.25) is 0 Å². The number of nitrogens with zero attached hydrogens (tertiary/aromatic N) is 6. The Hall–Kier alpha value is -7.12. The van der Waals surface area contributed by atoms with Crippen molar-refractivity contribution in [2.24, 2.45) is 0 Å². The van der Waals surface area contributed by atoms with Gasteiger partial charge in [0.2, 0.25) is 0 Å². The Morgan fingerprint density at radius 2 is 0.804 bits per heavy atom. The van der Waals surface area contributed by atoms with Crippen molar-refractivity contribution in [3.63, 3.8) is 0 Å². The molecular weight excluding hydrogens is 629 g/mol. The topological polar surface area (TPSA) is 74.6 Å². The highest BCUT2D eigenvalue weighted by molar-refractivity contribution is 6.10. The zero-order chi connectivity index (χ0) is 33.5. The number of furan rings is 1. The highest BCUT2D eigenvalue weighted by Gasteiger charge is 2.18. The fraction of sp³-hybridized carbons (Fsp3) is 0. The molecule has 0 bridgehead atoms. The predicted octanol–water partition coefficient (Wildman–Crippen LogP) is 10.7. The highest BCUT2D eigenvalue weighted by Crippen LogP contribution is 2.38. The number of aromatic nitrogens is 6. The third kappa shape index (κ3) is 4.18. The summed E-state index contributed by atoms with van der Waals surface area (Å²) in [5, 5.41) is 6.50. The average Bonchev–Trinajstić information content (AvgIpc) is 3.85. The van der Waals surface area contributed by atoms with Crippen molar-refractivity contribution in [1.82, 2.24) is 29.1 Å². The maximum absolute atomic E-state index is 6.09. The number of rotatable bonds is 4. The smallest absolute Gasteiger partial charge is 0.135 e. The maximum Gasteiger partial charge on any atom is 0.135 e. The quantitative estimate of drug-likeness (QED) is 0.189. The summed E-state index contributed by atoms with van der Waals surface area (Å²) in [6, 6.07) is 38.6. The standard InChI is InChI=1S/C44H26N6O/c1-2-4-43-33(3-1)34-21-29(9-10-44(34)51-43)27-5-7-28(8-6-27)30-19-31(49-39-11-15-45-23-35(39)36-24-46-16-12-40(36)49)22-32(20-30)50-41-13-17-47-25-37(41)38-26-48-18-14-42(38)50/h1-26H. The first kappa shape index (κ1) is 27.8. The molecule has 0 fully saturated rings. The molecule has 0 aliphatic heterocycles. The van der Waals surface area contributed by atoms with Gasteiger partial charge in [-0.1, -0.05) is 48.5 Å². The molecule has 0 amide bonds. The molecule has 11 rings (SSSR count). The fourth-order valence-electron chi connectivity index (χ4n) is 7.76. The van der Waals surface area contributed by atoms with Crippen LogP contribution in [0, 0.1) is 0 Å². The lowest BCUT2D eigenvalue weighted by Gasteiger charge is -2.16. The van der Waals surface area contributed by atoms with Gasteiger partial charge in [0.1, 0.15) is 11.2 Å². The first-order valence-electron chi connectivity index (χ1n) is 16.8. The van der Waals surface area contributed by atoms with Crippen LogP contribution < -0.4 is 0 Å². The van der Waals surface area contributed by atoms with Gasteiger partial charge in [-0.25, -0.2) is 0 Å². The van der Waals surface area contributed by atoms with Gasteiger partial charge in [-0.3, -0.25) is 19.9 Å². The summed E-state index contributed by atoms with van der Waals surface area (Å²) < 4.78 is 10.7. The van der Waals surface area contributed by atoms with E-state index in [4.69, 9.17) is 4.42 Å². The summed E-state index contributed by atoms with van der Waals surface area (Å²) in [6.45, 7) is 0. The lowest BCUT2D eigenvalue weighted by molar-refractivity contribution is 0.669. The molecule has 0 atom stereocenters. The van der Waals surface area contributed by atoms with Crippen molar-refractivity contribution in [3.8, 4) is 33.6 Å². The first-order chi connectivity index (χ1) is 25.3. The number of hydrogen-bond donors (Lipinski definition) is 0. The molecule has 0 unspecified atom stereocenters. The van der Waals surface area contributed by atoms with Gasteiger partial charge in [0.25, 0.3) is 0 Å². The fourth-order valence-corrected chi connectivity index (χ4v) is 7.76. The van der Waals surface area contributed by atoms with Crippen molar-refractivity contribution in [2.45, 2.75) is 0 Å². The van der Waals surface area contributed by atoms with Crippen LogP contribution in [0.1, 0.15) is 0 Å². The van der Waals surface area contributed by atoms with E-state index in [2.05, 4.69) is 126 Å². The Morgan fingerprint density at radius 1 is 0.353 bits per heavy atom. The number of para-hydroxylation sites is 1.